The lowest BCUT2D eigenvalue weighted by Gasteiger charge is -2.18. The number of hydrogen-bond donors (Lipinski definition) is 0. The van der Waals surface area contributed by atoms with E-state index in [1.807, 2.05) is 0 Å². The van der Waals surface area contributed by atoms with Crippen molar-refractivity contribution in [3.63, 3.8) is 0 Å². The van der Waals surface area contributed by atoms with Gasteiger partial charge in [-0.15, -0.1) is 11.6 Å². The fourth-order valence-corrected chi connectivity index (χ4v) is 2.05. The molecule has 0 heterocycles. The molecule has 26 heavy (non-hydrogen) atoms. The van der Waals surface area contributed by atoms with Crippen molar-refractivity contribution in [3.8, 4) is 0 Å². The van der Waals surface area contributed by atoms with E-state index in [9.17, 15) is 31.5 Å². The van der Waals surface area contributed by atoms with E-state index >= 15 is 0 Å². The molecule has 0 saturated carbocycles. The largest absolute Gasteiger partial charge is 0.466 e. The van der Waals surface area contributed by atoms with Gasteiger partial charge in [0.1, 0.15) is 0 Å². The zero-order valence-corrected chi connectivity index (χ0v) is 15.1. The van der Waals surface area contributed by atoms with E-state index in [1.54, 1.807) is 0 Å². The molecule has 0 bridgehead atoms. The van der Waals surface area contributed by atoms with Crippen molar-refractivity contribution in [1.29, 1.82) is 0 Å². The van der Waals surface area contributed by atoms with Crippen molar-refractivity contribution in [2.75, 3.05) is 19.1 Å². The molecule has 0 atom stereocenters. The maximum absolute atomic E-state index is 12.5. The first-order valence-corrected chi connectivity index (χ1v) is 8.95. The molecule has 0 radical (unpaired) electrons. The van der Waals surface area contributed by atoms with Crippen molar-refractivity contribution >= 4 is 23.5 Å². The minimum atomic E-state index is -5.78. The summed E-state index contributed by atoms with van der Waals surface area (Å²) in [6, 6.07) is 0. The highest BCUT2D eigenvalue weighted by Crippen LogP contribution is 2.35. The minimum Gasteiger partial charge on any atom is -0.466 e. The fourth-order valence-electron chi connectivity index (χ4n) is 1.86. The summed E-state index contributed by atoms with van der Waals surface area (Å²) in [5.41, 5.74) is 0. The van der Waals surface area contributed by atoms with Crippen LogP contribution in [0.1, 0.15) is 57.8 Å². The van der Waals surface area contributed by atoms with Crippen LogP contribution in [0.25, 0.3) is 0 Å². The number of ether oxygens (including phenoxy) is 2. The second kappa shape index (κ2) is 13.1. The third-order valence-corrected chi connectivity index (χ3v) is 3.65. The van der Waals surface area contributed by atoms with E-state index in [4.69, 9.17) is 16.3 Å². The van der Waals surface area contributed by atoms with Gasteiger partial charge >= 0.3 is 24.0 Å². The maximum Gasteiger partial charge on any atom is 0.456 e. The Morgan fingerprint density at radius 1 is 0.731 bits per heavy atom. The molecule has 0 rings (SSSR count). The first-order valence-electron chi connectivity index (χ1n) is 8.42. The molecule has 0 aliphatic rings. The number of carbonyl (C=O) groups is 2. The highest BCUT2D eigenvalue weighted by atomic mass is 35.5. The first-order chi connectivity index (χ1) is 12.1. The van der Waals surface area contributed by atoms with Crippen LogP contribution in [-0.2, 0) is 19.1 Å². The first kappa shape index (κ1) is 24.9. The van der Waals surface area contributed by atoms with Crippen LogP contribution >= 0.6 is 11.6 Å². The maximum atomic E-state index is 12.5. The Hall–Kier alpha value is -1.12. The summed E-state index contributed by atoms with van der Waals surface area (Å²) < 4.78 is 69.6. The number of carbonyl (C=O) groups excluding carboxylic acids is 2. The number of rotatable bonds is 14. The van der Waals surface area contributed by atoms with Gasteiger partial charge in [-0.3, -0.25) is 9.59 Å². The van der Waals surface area contributed by atoms with E-state index in [2.05, 4.69) is 4.74 Å². The minimum absolute atomic E-state index is 0.0479. The topological polar surface area (TPSA) is 52.6 Å². The zero-order chi connectivity index (χ0) is 20.1. The van der Waals surface area contributed by atoms with Crippen LogP contribution in [0.3, 0.4) is 0 Å². The lowest BCUT2D eigenvalue weighted by Crippen LogP contribution is -2.41. The molecule has 0 N–H and O–H groups in total. The molecule has 0 aromatic carbocycles. The van der Waals surface area contributed by atoms with Crippen molar-refractivity contribution in [1.82, 2.24) is 0 Å². The molecule has 4 nitrogen and oxygen atoms in total. The summed E-state index contributed by atoms with van der Waals surface area (Å²) in [6.45, 7) is -1.82. The van der Waals surface area contributed by atoms with Crippen molar-refractivity contribution in [2.45, 2.75) is 69.9 Å². The van der Waals surface area contributed by atoms with Gasteiger partial charge in [0.25, 0.3) is 0 Å². The Morgan fingerprint density at radius 2 is 1.23 bits per heavy atom. The normalized spacial score (nSPS) is 12.1. The van der Waals surface area contributed by atoms with Gasteiger partial charge in [-0.2, -0.15) is 22.0 Å². The van der Waals surface area contributed by atoms with E-state index < -0.39 is 37.1 Å². The second-order valence-electron chi connectivity index (χ2n) is 5.75. The smallest absolute Gasteiger partial charge is 0.456 e. The van der Waals surface area contributed by atoms with Crippen molar-refractivity contribution in [2.24, 2.45) is 0 Å². The molecule has 0 aliphatic heterocycles. The summed E-state index contributed by atoms with van der Waals surface area (Å²) >= 11 is 5.55. The monoisotopic (exact) mass is 410 g/mol. The summed E-state index contributed by atoms with van der Waals surface area (Å²) in [5.74, 6) is -6.22. The highest BCUT2D eigenvalue weighted by Gasteiger charge is 2.58. The molecule has 0 aromatic heterocycles. The number of hydrogen-bond acceptors (Lipinski definition) is 4. The van der Waals surface area contributed by atoms with E-state index in [0.29, 0.717) is 12.3 Å². The van der Waals surface area contributed by atoms with Gasteiger partial charge in [-0.05, 0) is 19.3 Å². The molecule has 0 aliphatic carbocycles. The van der Waals surface area contributed by atoms with Gasteiger partial charge in [0.15, 0.2) is 6.61 Å². The molecular weight excluding hydrogens is 387 g/mol. The average molecular weight is 411 g/mol. The zero-order valence-electron chi connectivity index (χ0n) is 14.4. The summed E-state index contributed by atoms with van der Waals surface area (Å²) in [7, 11) is 0. The van der Waals surface area contributed by atoms with Crippen LogP contribution in [0.2, 0.25) is 0 Å². The van der Waals surface area contributed by atoms with Gasteiger partial charge in [-0.1, -0.05) is 25.7 Å². The predicted octanol–water partition coefficient (Wildman–Crippen LogP) is 5.02. The van der Waals surface area contributed by atoms with Gasteiger partial charge in [-0.25, -0.2) is 0 Å². The molecule has 0 unspecified atom stereocenters. The number of esters is 2. The third-order valence-electron chi connectivity index (χ3n) is 3.38. The number of unbranched alkanes of at least 4 members (excludes halogenated alkanes) is 5. The number of alkyl halides is 6. The average Bonchev–Trinajstić information content (AvgIpc) is 2.54. The van der Waals surface area contributed by atoms with Crippen LogP contribution in [0, 0.1) is 0 Å². The van der Waals surface area contributed by atoms with Crippen LogP contribution in [0.15, 0.2) is 0 Å². The standard InChI is InChI=1S/C16H24ClF5O4/c17-10-5-3-1-2-4-6-11-25-13(23)8-7-9-14(24)26-12-15(18,19)16(20,21)22/h1-12H2. The molecule has 0 fully saturated rings. The van der Waals surface area contributed by atoms with Crippen LogP contribution < -0.4 is 0 Å². The summed E-state index contributed by atoms with van der Waals surface area (Å²) in [5, 5.41) is 0. The van der Waals surface area contributed by atoms with Crippen LogP contribution in [-0.4, -0.2) is 43.1 Å². The Bertz CT molecular complexity index is 416. The molecular formula is C16H24ClF5O4. The fraction of sp³-hybridized carbons (Fsp3) is 0.875. The SMILES string of the molecule is O=C(CCCC(=O)OCC(F)(F)C(F)(F)F)OCCCCCCCCCl. The Kier molecular flexibility index (Phi) is 12.5. The van der Waals surface area contributed by atoms with E-state index in [1.165, 1.54) is 0 Å². The predicted molar refractivity (Wildman–Crippen MR) is 85.2 cm³/mol. The lowest BCUT2D eigenvalue weighted by molar-refractivity contribution is -0.294. The molecule has 0 aromatic rings. The quantitative estimate of drug-likeness (QED) is 0.175. The molecule has 0 amide bonds. The van der Waals surface area contributed by atoms with Gasteiger partial charge in [0.2, 0.25) is 0 Å². The van der Waals surface area contributed by atoms with Gasteiger partial charge < -0.3 is 9.47 Å². The van der Waals surface area contributed by atoms with Crippen LogP contribution in [0.4, 0.5) is 22.0 Å². The Balaban J connectivity index is 3.65. The molecule has 154 valence electrons. The lowest BCUT2D eigenvalue weighted by atomic mass is 10.1. The Morgan fingerprint density at radius 3 is 1.77 bits per heavy atom. The molecule has 10 heteroatoms. The highest BCUT2D eigenvalue weighted by molar-refractivity contribution is 6.17. The number of halogens is 6. The molecule has 0 spiro atoms. The van der Waals surface area contributed by atoms with Gasteiger partial charge in [0, 0.05) is 18.7 Å². The summed E-state index contributed by atoms with van der Waals surface area (Å²) in [4.78, 5) is 22.5. The van der Waals surface area contributed by atoms with E-state index in [-0.39, 0.29) is 19.4 Å². The third kappa shape index (κ3) is 12.3. The van der Waals surface area contributed by atoms with E-state index in [0.717, 1.165) is 32.1 Å². The second-order valence-corrected chi connectivity index (χ2v) is 6.13. The summed E-state index contributed by atoms with van der Waals surface area (Å²) in [6.07, 6.45) is -0.657. The van der Waals surface area contributed by atoms with Crippen molar-refractivity contribution in [3.05, 3.63) is 0 Å². The van der Waals surface area contributed by atoms with Crippen molar-refractivity contribution < 1.29 is 41.0 Å². The van der Waals surface area contributed by atoms with Crippen LogP contribution in [0.5, 0.6) is 0 Å². The molecule has 0 saturated heterocycles. The van der Waals surface area contributed by atoms with Gasteiger partial charge in [0.05, 0.1) is 6.61 Å². The Labute approximate surface area is 154 Å².